The van der Waals surface area contributed by atoms with Gasteiger partial charge in [0, 0.05) is 0 Å². The van der Waals surface area contributed by atoms with Crippen molar-refractivity contribution in [3.63, 3.8) is 0 Å². The van der Waals surface area contributed by atoms with E-state index in [0.717, 1.165) is 12.8 Å². The third-order valence-electron chi connectivity index (χ3n) is 1.82. The van der Waals surface area contributed by atoms with Crippen molar-refractivity contribution in [2.24, 2.45) is 0 Å². The maximum absolute atomic E-state index is 8.51. The minimum atomic E-state index is -1.10. The van der Waals surface area contributed by atoms with E-state index in [-0.39, 0.29) is 0 Å². The summed E-state index contributed by atoms with van der Waals surface area (Å²) >= 11 is 2.19. The number of unbranched alkanes of at least 4 members (excludes halogenated alkanes) is 4. The summed E-state index contributed by atoms with van der Waals surface area (Å²) in [6.07, 6.45) is 5.35. The fourth-order valence-corrected chi connectivity index (χ4v) is 1.11. The minimum absolute atomic E-state index is 0.534. The Kier molecular flexibility index (Phi) is 9.02. The average molecular weight is 152 g/mol. The van der Waals surface area contributed by atoms with Crippen LogP contribution in [0.1, 0.15) is 38.5 Å². The van der Waals surface area contributed by atoms with E-state index in [1.165, 1.54) is 24.4 Å². The van der Waals surface area contributed by atoms with Gasteiger partial charge in [-0.1, -0.05) is 0 Å². The summed E-state index contributed by atoms with van der Waals surface area (Å²) in [6, 6.07) is 0. The number of rotatable bonds is 7. The zero-order chi connectivity index (χ0) is 8.53. The quantitative estimate of drug-likeness (QED) is 0.327. The van der Waals surface area contributed by atoms with Gasteiger partial charge in [0.15, 0.2) is 0 Å². The Labute approximate surface area is 78.2 Å². The second kappa shape index (κ2) is 8.61. The van der Waals surface area contributed by atoms with E-state index in [2.05, 4.69) is 17.7 Å². The topological polar surface area (TPSA) is 40.5 Å². The number of aliphatic hydroxyl groups is 2. The molecule has 0 aromatic rings. The molecule has 0 aliphatic carbocycles. The Bertz CT molecular complexity index is 76.5. The Morgan fingerprint density at radius 1 is 0.909 bits per heavy atom. The van der Waals surface area contributed by atoms with Gasteiger partial charge in [0.1, 0.15) is 0 Å². The van der Waals surface area contributed by atoms with Gasteiger partial charge < -0.3 is 0 Å². The molecule has 0 aromatic carbocycles. The van der Waals surface area contributed by atoms with Crippen LogP contribution in [0.2, 0.25) is 5.09 Å². The molecule has 0 aliphatic rings. The predicted octanol–water partition coefficient (Wildman–Crippen LogP) is 1.22. The zero-order valence-corrected chi connectivity index (χ0v) is 7.42. The molecule has 0 spiro atoms. The second-order valence-corrected chi connectivity index (χ2v) is 3.04. The van der Waals surface area contributed by atoms with Gasteiger partial charge in [0.05, 0.1) is 0 Å². The third-order valence-corrected chi connectivity index (χ3v) is 1.82. The molecule has 0 atom stereocenters. The molecule has 0 bridgehead atoms. The van der Waals surface area contributed by atoms with Crippen LogP contribution in [0.5, 0.6) is 0 Å². The molecule has 0 saturated heterocycles. The Morgan fingerprint density at radius 3 is 2.00 bits per heavy atom. The summed E-state index contributed by atoms with van der Waals surface area (Å²) in [5, 5.41) is 18.3. The monoisotopic (exact) mass is 152 g/mol. The molecule has 0 unspecified atom stereocenters. The van der Waals surface area contributed by atoms with Gasteiger partial charge in [0.2, 0.25) is 0 Å². The SMILES string of the molecule is [Li][CH2]CCCCCCC(O)O. The first-order valence-corrected chi connectivity index (χ1v) is 4.63. The normalized spacial score (nSPS) is 11.0. The maximum atomic E-state index is 8.51. The van der Waals surface area contributed by atoms with Crippen LogP contribution in [0.3, 0.4) is 0 Å². The Hall–Kier alpha value is 0.517. The van der Waals surface area contributed by atoms with Crippen LogP contribution in [0, 0.1) is 0 Å². The summed E-state index contributed by atoms with van der Waals surface area (Å²) in [5.74, 6) is 0. The summed E-state index contributed by atoms with van der Waals surface area (Å²) in [5.41, 5.74) is 0. The van der Waals surface area contributed by atoms with Crippen molar-refractivity contribution < 1.29 is 10.2 Å². The molecule has 11 heavy (non-hydrogen) atoms. The summed E-state index contributed by atoms with van der Waals surface area (Å²) in [6.45, 7) is 0. The molecule has 0 heterocycles. The fraction of sp³-hybridized carbons (Fsp3) is 1.00. The molecule has 0 radical (unpaired) electrons. The molecule has 0 aromatic heterocycles. The molecule has 0 amide bonds. The van der Waals surface area contributed by atoms with Crippen LogP contribution in [-0.2, 0) is 0 Å². The standard InChI is InChI=1S/C8H17O2.Li/c1-2-3-4-5-6-7-8(9)10;/h8-10H,1-7H2;. The van der Waals surface area contributed by atoms with E-state index in [0.29, 0.717) is 6.42 Å². The Balaban J connectivity index is 2.80. The van der Waals surface area contributed by atoms with Gasteiger partial charge in [0.25, 0.3) is 0 Å². The van der Waals surface area contributed by atoms with Gasteiger partial charge in [-0.3, -0.25) is 0 Å². The molecule has 0 aliphatic heterocycles. The van der Waals surface area contributed by atoms with Gasteiger partial charge in [-0.05, 0) is 0 Å². The summed E-state index contributed by atoms with van der Waals surface area (Å²) in [4.78, 5) is 0. The summed E-state index contributed by atoms with van der Waals surface area (Å²) < 4.78 is 0. The molecule has 0 saturated carbocycles. The first-order valence-electron chi connectivity index (χ1n) is 4.63. The molecule has 0 rings (SSSR count). The van der Waals surface area contributed by atoms with Gasteiger partial charge in [-0.15, -0.1) is 0 Å². The van der Waals surface area contributed by atoms with Crippen LogP contribution >= 0.6 is 0 Å². The van der Waals surface area contributed by atoms with E-state index in [9.17, 15) is 0 Å². The second-order valence-electron chi connectivity index (χ2n) is 3.04. The van der Waals surface area contributed by atoms with Gasteiger partial charge in [-0.2, -0.15) is 0 Å². The first-order chi connectivity index (χ1) is 5.27. The van der Waals surface area contributed by atoms with Crippen molar-refractivity contribution in [3.8, 4) is 0 Å². The molecule has 0 fully saturated rings. The third kappa shape index (κ3) is 10.5. The predicted molar refractivity (Wildman–Crippen MR) is 46.5 cm³/mol. The molecular formula is C8H17LiO2. The first kappa shape index (κ1) is 11.5. The van der Waals surface area contributed by atoms with Crippen molar-refractivity contribution in [2.45, 2.75) is 49.9 Å². The van der Waals surface area contributed by atoms with Crippen LogP contribution in [0.25, 0.3) is 0 Å². The van der Waals surface area contributed by atoms with Crippen LogP contribution < -0.4 is 0 Å². The van der Waals surface area contributed by atoms with Crippen molar-refractivity contribution in [1.82, 2.24) is 0 Å². The van der Waals surface area contributed by atoms with Crippen molar-refractivity contribution in [2.75, 3.05) is 0 Å². The fourth-order valence-electron chi connectivity index (χ4n) is 1.11. The van der Waals surface area contributed by atoms with Crippen LogP contribution in [0.15, 0.2) is 0 Å². The molecule has 62 valence electrons. The van der Waals surface area contributed by atoms with E-state index >= 15 is 0 Å². The van der Waals surface area contributed by atoms with Crippen molar-refractivity contribution >= 4 is 17.7 Å². The van der Waals surface area contributed by atoms with E-state index in [4.69, 9.17) is 10.2 Å². The molecule has 3 heteroatoms. The van der Waals surface area contributed by atoms with Crippen LogP contribution in [-0.4, -0.2) is 34.2 Å². The van der Waals surface area contributed by atoms with E-state index in [1.807, 2.05) is 0 Å². The van der Waals surface area contributed by atoms with E-state index < -0.39 is 6.29 Å². The molecular weight excluding hydrogens is 135 g/mol. The average Bonchev–Trinajstić information content (AvgIpc) is 1.96. The van der Waals surface area contributed by atoms with Gasteiger partial charge in [-0.25, -0.2) is 0 Å². The molecule has 2 nitrogen and oxygen atoms in total. The van der Waals surface area contributed by atoms with E-state index in [1.54, 1.807) is 0 Å². The summed E-state index contributed by atoms with van der Waals surface area (Å²) in [7, 11) is 0. The van der Waals surface area contributed by atoms with Crippen molar-refractivity contribution in [1.29, 1.82) is 0 Å². The number of aliphatic hydroxyl groups excluding tert-OH is 1. The van der Waals surface area contributed by atoms with Crippen molar-refractivity contribution in [3.05, 3.63) is 0 Å². The van der Waals surface area contributed by atoms with Gasteiger partial charge >= 0.3 is 77.8 Å². The zero-order valence-electron chi connectivity index (χ0n) is 7.42. The Morgan fingerprint density at radius 2 is 1.45 bits per heavy atom. The number of hydrogen-bond acceptors (Lipinski definition) is 2. The molecule has 2 N–H and O–H groups in total. The number of hydrogen-bond donors (Lipinski definition) is 2. The van der Waals surface area contributed by atoms with Crippen LogP contribution in [0.4, 0.5) is 0 Å².